The minimum Gasteiger partial charge on any atom is -0.362 e. The first-order valence-electron chi connectivity index (χ1n) is 6.26. The molecule has 0 aromatic carbocycles. The van der Waals surface area contributed by atoms with E-state index < -0.39 is 4.92 Å². The van der Waals surface area contributed by atoms with Crippen LogP contribution in [0.2, 0.25) is 0 Å². The van der Waals surface area contributed by atoms with Gasteiger partial charge in [-0.15, -0.1) is 0 Å². The van der Waals surface area contributed by atoms with Crippen LogP contribution in [0.25, 0.3) is 0 Å². The topological polar surface area (TPSA) is 102 Å². The van der Waals surface area contributed by atoms with Crippen LogP contribution in [-0.2, 0) is 18.3 Å². The first-order valence-corrected chi connectivity index (χ1v) is 6.26. The lowest BCUT2D eigenvalue weighted by atomic mass is 10.2. The van der Waals surface area contributed by atoms with E-state index in [1.807, 2.05) is 6.92 Å². The fourth-order valence-electron chi connectivity index (χ4n) is 2.25. The number of aromatic nitrogens is 2. The van der Waals surface area contributed by atoms with Gasteiger partial charge >= 0.3 is 5.69 Å². The van der Waals surface area contributed by atoms with Gasteiger partial charge in [-0.3, -0.25) is 14.9 Å². The molecule has 0 spiro atoms. The number of rotatable bonds is 5. The molecule has 104 valence electrons. The van der Waals surface area contributed by atoms with E-state index in [2.05, 4.69) is 15.7 Å². The molecule has 1 unspecified atom stereocenters. The number of nitrogens with one attached hydrogen (secondary N) is 2. The van der Waals surface area contributed by atoms with Gasteiger partial charge in [-0.05, 0) is 12.8 Å². The number of anilines is 1. The molecule has 1 fully saturated rings. The molecule has 1 aliphatic rings. The molecule has 0 radical (unpaired) electrons. The Morgan fingerprint density at radius 3 is 2.89 bits per heavy atom. The molecule has 1 aromatic rings. The van der Waals surface area contributed by atoms with E-state index in [4.69, 9.17) is 0 Å². The molecule has 1 aromatic heterocycles. The number of carbonyl (C=O) groups excluding carboxylic acids is 1. The number of aryl methyl sites for hydroxylation is 2. The largest absolute Gasteiger partial charge is 0.362 e. The van der Waals surface area contributed by atoms with Gasteiger partial charge in [0.15, 0.2) is 0 Å². The Kier molecular flexibility index (Phi) is 3.68. The van der Waals surface area contributed by atoms with E-state index in [1.165, 1.54) is 4.68 Å². The number of nitrogens with zero attached hydrogens (tertiary/aromatic N) is 3. The molecule has 1 saturated heterocycles. The molecule has 1 atom stereocenters. The molecular weight excluding hydrogens is 250 g/mol. The van der Waals surface area contributed by atoms with Crippen molar-refractivity contribution in [2.45, 2.75) is 32.2 Å². The average Bonchev–Trinajstić information content (AvgIpc) is 2.90. The first-order chi connectivity index (χ1) is 9.02. The average molecular weight is 267 g/mol. The zero-order valence-corrected chi connectivity index (χ0v) is 11.0. The van der Waals surface area contributed by atoms with Crippen molar-refractivity contribution in [3.63, 3.8) is 0 Å². The predicted octanol–water partition coefficient (Wildman–Crippen LogP) is 0.581. The summed E-state index contributed by atoms with van der Waals surface area (Å²) < 4.78 is 1.48. The number of carbonyl (C=O) groups is 1. The normalized spacial score (nSPS) is 18.4. The lowest BCUT2D eigenvalue weighted by Gasteiger charge is -2.11. The van der Waals surface area contributed by atoms with Gasteiger partial charge in [0.25, 0.3) is 0 Å². The Morgan fingerprint density at radius 1 is 1.63 bits per heavy atom. The van der Waals surface area contributed by atoms with Gasteiger partial charge in [0.2, 0.25) is 11.7 Å². The highest BCUT2D eigenvalue weighted by atomic mass is 16.6. The minimum atomic E-state index is -0.415. The molecule has 8 nitrogen and oxygen atoms in total. The van der Waals surface area contributed by atoms with E-state index in [0.717, 1.165) is 6.42 Å². The van der Waals surface area contributed by atoms with Crippen LogP contribution in [0.1, 0.15) is 25.5 Å². The van der Waals surface area contributed by atoms with E-state index in [1.54, 1.807) is 7.05 Å². The molecule has 2 N–H and O–H groups in total. The van der Waals surface area contributed by atoms with Crippen LogP contribution in [0, 0.1) is 10.1 Å². The van der Waals surface area contributed by atoms with Gasteiger partial charge in [0.05, 0.1) is 4.92 Å². The molecule has 1 amide bonds. The minimum absolute atomic E-state index is 0.0204. The van der Waals surface area contributed by atoms with Crippen molar-refractivity contribution in [3.05, 3.63) is 15.8 Å². The maximum absolute atomic E-state index is 11.1. The Bertz CT molecular complexity index is 511. The van der Waals surface area contributed by atoms with E-state index >= 15 is 0 Å². The van der Waals surface area contributed by atoms with Gasteiger partial charge in [-0.25, -0.2) is 4.68 Å². The van der Waals surface area contributed by atoms with E-state index in [0.29, 0.717) is 30.9 Å². The monoisotopic (exact) mass is 267 g/mol. The van der Waals surface area contributed by atoms with Crippen molar-refractivity contribution in [2.75, 3.05) is 11.9 Å². The van der Waals surface area contributed by atoms with Crippen molar-refractivity contribution in [1.82, 2.24) is 15.1 Å². The standard InChI is InChI=1S/C11H17N5O3/c1-3-8-10(16(18)19)11(15(2)14-8)12-6-7-4-5-9(17)13-7/h7,12H,3-6H2,1-2H3,(H,13,17). The summed E-state index contributed by atoms with van der Waals surface area (Å²) in [6.45, 7) is 2.30. The van der Waals surface area contributed by atoms with Gasteiger partial charge in [-0.2, -0.15) is 5.10 Å². The second-order valence-corrected chi connectivity index (χ2v) is 4.56. The molecule has 19 heavy (non-hydrogen) atoms. The molecule has 8 heteroatoms. The summed E-state index contributed by atoms with van der Waals surface area (Å²) in [7, 11) is 1.67. The van der Waals surface area contributed by atoms with Crippen molar-refractivity contribution < 1.29 is 9.72 Å². The maximum Gasteiger partial charge on any atom is 0.333 e. The highest BCUT2D eigenvalue weighted by molar-refractivity contribution is 5.78. The molecule has 0 saturated carbocycles. The third-order valence-corrected chi connectivity index (χ3v) is 3.21. The molecular formula is C11H17N5O3. The summed E-state index contributed by atoms with van der Waals surface area (Å²) in [5, 5.41) is 21.1. The molecule has 2 rings (SSSR count). The van der Waals surface area contributed by atoms with Crippen molar-refractivity contribution in [3.8, 4) is 0 Å². The van der Waals surface area contributed by atoms with Crippen LogP contribution in [-0.4, -0.2) is 33.2 Å². The zero-order valence-electron chi connectivity index (χ0n) is 11.0. The predicted molar refractivity (Wildman–Crippen MR) is 68.9 cm³/mol. The number of hydrogen-bond donors (Lipinski definition) is 2. The van der Waals surface area contributed by atoms with Crippen molar-refractivity contribution in [1.29, 1.82) is 0 Å². The first kappa shape index (κ1) is 13.3. The third-order valence-electron chi connectivity index (χ3n) is 3.21. The SMILES string of the molecule is CCc1nn(C)c(NCC2CCC(=O)N2)c1[N+](=O)[O-]. The smallest absolute Gasteiger partial charge is 0.333 e. The van der Waals surface area contributed by atoms with Gasteiger partial charge in [0.1, 0.15) is 5.69 Å². The van der Waals surface area contributed by atoms with Crippen molar-refractivity contribution >= 4 is 17.4 Å². The summed E-state index contributed by atoms with van der Waals surface area (Å²) in [6.07, 6.45) is 1.77. The highest BCUT2D eigenvalue weighted by Gasteiger charge is 2.27. The maximum atomic E-state index is 11.1. The Labute approximate surface area is 110 Å². The Balaban J connectivity index is 2.13. The molecule has 1 aliphatic heterocycles. The van der Waals surface area contributed by atoms with Crippen LogP contribution >= 0.6 is 0 Å². The molecule has 0 aliphatic carbocycles. The van der Waals surface area contributed by atoms with E-state index in [-0.39, 0.29) is 17.6 Å². The fraction of sp³-hybridized carbons (Fsp3) is 0.636. The van der Waals surface area contributed by atoms with Gasteiger partial charge in [0, 0.05) is 26.1 Å². The van der Waals surface area contributed by atoms with Crippen LogP contribution in [0.5, 0.6) is 0 Å². The number of nitro groups is 1. The Morgan fingerprint density at radius 2 is 2.37 bits per heavy atom. The van der Waals surface area contributed by atoms with E-state index in [9.17, 15) is 14.9 Å². The van der Waals surface area contributed by atoms with Gasteiger partial charge < -0.3 is 10.6 Å². The second kappa shape index (κ2) is 5.25. The second-order valence-electron chi connectivity index (χ2n) is 4.56. The molecule has 2 heterocycles. The lowest BCUT2D eigenvalue weighted by molar-refractivity contribution is -0.384. The van der Waals surface area contributed by atoms with Gasteiger partial charge in [-0.1, -0.05) is 6.92 Å². The summed E-state index contributed by atoms with van der Waals surface area (Å²) in [4.78, 5) is 21.8. The summed E-state index contributed by atoms with van der Waals surface area (Å²) in [5.41, 5.74) is 0.486. The summed E-state index contributed by atoms with van der Waals surface area (Å²) in [6, 6.07) is 0.0204. The van der Waals surface area contributed by atoms with Crippen LogP contribution < -0.4 is 10.6 Å². The lowest BCUT2D eigenvalue weighted by Crippen LogP contribution is -2.32. The van der Waals surface area contributed by atoms with Crippen LogP contribution in [0.3, 0.4) is 0 Å². The number of amides is 1. The quantitative estimate of drug-likeness (QED) is 0.600. The number of hydrogen-bond acceptors (Lipinski definition) is 5. The molecule has 0 bridgehead atoms. The van der Waals surface area contributed by atoms with Crippen molar-refractivity contribution in [2.24, 2.45) is 7.05 Å². The summed E-state index contributed by atoms with van der Waals surface area (Å²) >= 11 is 0. The summed E-state index contributed by atoms with van der Waals surface area (Å²) in [5.74, 6) is 0.420. The third kappa shape index (κ3) is 2.67. The Hall–Kier alpha value is -2.12. The van der Waals surface area contributed by atoms with Crippen LogP contribution in [0.4, 0.5) is 11.5 Å². The highest BCUT2D eigenvalue weighted by Crippen LogP contribution is 2.28. The van der Waals surface area contributed by atoms with Crippen LogP contribution in [0.15, 0.2) is 0 Å². The zero-order chi connectivity index (χ0) is 14.0. The fourth-order valence-corrected chi connectivity index (χ4v) is 2.25.